The summed E-state index contributed by atoms with van der Waals surface area (Å²) in [6, 6.07) is 7.39. The lowest BCUT2D eigenvalue weighted by Gasteiger charge is -2.14. The third-order valence-electron chi connectivity index (χ3n) is 3.36. The van der Waals surface area contributed by atoms with Crippen LogP contribution in [0, 0.1) is 0 Å². The van der Waals surface area contributed by atoms with E-state index in [1.165, 1.54) is 0 Å². The van der Waals surface area contributed by atoms with Crippen LogP contribution in [0.15, 0.2) is 29.2 Å². The minimum Gasteiger partial charge on any atom is -0.548 e. The topological polar surface area (TPSA) is 69.7 Å². The predicted molar refractivity (Wildman–Crippen MR) is 96.3 cm³/mol. The largest absolute Gasteiger partial charge is 0.548 e. The third kappa shape index (κ3) is 5.07. The van der Waals surface area contributed by atoms with Crippen molar-refractivity contribution < 1.29 is 19.4 Å². The molecule has 0 aromatic heterocycles. The highest BCUT2D eigenvalue weighted by Crippen LogP contribution is 2.32. The van der Waals surface area contributed by atoms with Crippen LogP contribution in [0.2, 0.25) is 0 Å². The van der Waals surface area contributed by atoms with Crippen molar-refractivity contribution >= 4 is 46.3 Å². The molecule has 0 N–H and O–H groups in total. The van der Waals surface area contributed by atoms with Crippen LogP contribution < -0.4 is 9.84 Å². The summed E-state index contributed by atoms with van der Waals surface area (Å²) in [6.45, 7) is 2.31. The Morgan fingerprint density at radius 1 is 1.33 bits per heavy atom. The number of amides is 1. The normalized spacial score (nSPS) is 16.0. The van der Waals surface area contributed by atoms with Gasteiger partial charge in [-0.1, -0.05) is 55.9 Å². The monoisotopic (exact) mass is 364 g/mol. The second-order valence-electron chi connectivity index (χ2n) is 5.26. The van der Waals surface area contributed by atoms with Crippen molar-refractivity contribution in [3.05, 3.63) is 34.7 Å². The average Bonchev–Trinajstić information content (AvgIpc) is 2.80. The third-order valence-corrected chi connectivity index (χ3v) is 4.73. The number of ether oxygens (including phenoxy) is 1. The van der Waals surface area contributed by atoms with Crippen molar-refractivity contribution in [2.75, 3.05) is 13.2 Å². The molecule has 1 saturated heterocycles. The van der Waals surface area contributed by atoms with Gasteiger partial charge in [0.2, 0.25) is 0 Å². The molecule has 0 unspecified atom stereocenters. The number of thiocarbonyl (C=S) groups is 1. The molecule has 0 atom stereocenters. The number of nitrogens with zero attached hydrogens (tertiary/aromatic N) is 1. The second-order valence-corrected chi connectivity index (χ2v) is 6.94. The van der Waals surface area contributed by atoms with Crippen molar-refractivity contribution in [1.29, 1.82) is 0 Å². The van der Waals surface area contributed by atoms with E-state index in [-0.39, 0.29) is 4.32 Å². The van der Waals surface area contributed by atoms with E-state index in [4.69, 9.17) is 17.0 Å². The Hall–Kier alpha value is -1.86. The molecule has 1 heterocycles. The van der Waals surface area contributed by atoms with Gasteiger partial charge in [-0.15, -0.1) is 0 Å². The number of hydrogen-bond acceptors (Lipinski definition) is 6. The van der Waals surface area contributed by atoms with Crippen LogP contribution in [0.1, 0.15) is 31.7 Å². The summed E-state index contributed by atoms with van der Waals surface area (Å²) in [6.07, 6.45) is 5.01. The van der Waals surface area contributed by atoms with Gasteiger partial charge in [0.1, 0.15) is 10.1 Å². The number of rotatable bonds is 8. The van der Waals surface area contributed by atoms with Gasteiger partial charge in [0.05, 0.1) is 24.0 Å². The molecule has 0 radical (unpaired) electrons. The highest BCUT2D eigenvalue weighted by atomic mass is 32.2. The summed E-state index contributed by atoms with van der Waals surface area (Å²) in [5.41, 5.74) is 0.824. The molecule has 0 spiro atoms. The molecule has 1 aromatic carbocycles. The number of thioether (sulfide) groups is 1. The van der Waals surface area contributed by atoms with Crippen LogP contribution in [-0.4, -0.2) is 34.2 Å². The smallest absolute Gasteiger partial charge is 0.266 e. The molecule has 1 amide bonds. The molecule has 1 fully saturated rings. The van der Waals surface area contributed by atoms with Crippen LogP contribution in [-0.2, 0) is 9.59 Å². The first-order chi connectivity index (χ1) is 11.5. The molecule has 1 aliphatic heterocycles. The van der Waals surface area contributed by atoms with Crippen LogP contribution in [0.5, 0.6) is 5.75 Å². The summed E-state index contributed by atoms with van der Waals surface area (Å²) < 4.78 is 5.87. The molecular formula is C17H18NO4S2-. The lowest BCUT2D eigenvalue weighted by molar-refractivity contribution is -0.305. The van der Waals surface area contributed by atoms with Gasteiger partial charge in [0, 0.05) is 0 Å². The van der Waals surface area contributed by atoms with E-state index in [1.54, 1.807) is 6.08 Å². The number of carboxylic acid groups (broad SMARTS) is 1. The molecule has 1 aliphatic rings. The quantitative estimate of drug-likeness (QED) is 0.400. The molecule has 0 saturated carbocycles. The number of aliphatic carboxylic acids is 1. The van der Waals surface area contributed by atoms with E-state index >= 15 is 0 Å². The Labute approximate surface area is 150 Å². The zero-order chi connectivity index (χ0) is 17.5. The van der Waals surface area contributed by atoms with Gasteiger partial charge in [-0.2, -0.15) is 0 Å². The Balaban J connectivity index is 1.99. The van der Waals surface area contributed by atoms with Crippen LogP contribution in [0.25, 0.3) is 6.08 Å². The summed E-state index contributed by atoms with van der Waals surface area (Å²) in [5.74, 6) is -0.959. The summed E-state index contributed by atoms with van der Waals surface area (Å²) >= 11 is 6.12. The fourth-order valence-electron chi connectivity index (χ4n) is 2.12. The zero-order valence-corrected chi connectivity index (χ0v) is 15.0. The molecule has 5 nitrogen and oxygen atoms in total. The molecule has 7 heteroatoms. The maximum atomic E-state index is 12.2. The molecular weight excluding hydrogens is 346 g/mol. The van der Waals surface area contributed by atoms with Crippen LogP contribution in [0.4, 0.5) is 0 Å². The van der Waals surface area contributed by atoms with Crippen LogP contribution in [0.3, 0.4) is 0 Å². The Kier molecular flexibility index (Phi) is 6.81. The molecule has 24 heavy (non-hydrogen) atoms. The second kappa shape index (κ2) is 8.84. The van der Waals surface area contributed by atoms with Crippen molar-refractivity contribution in [2.24, 2.45) is 0 Å². The van der Waals surface area contributed by atoms with E-state index in [1.807, 2.05) is 24.3 Å². The van der Waals surface area contributed by atoms with Gasteiger partial charge in [-0.3, -0.25) is 9.69 Å². The fourth-order valence-corrected chi connectivity index (χ4v) is 3.37. The summed E-state index contributed by atoms with van der Waals surface area (Å²) in [7, 11) is 0. The van der Waals surface area contributed by atoms with Crippen molar-refractivity contribution in [3.63, 3.8) is 0 Å². The lowest BCUT2D eigenvalue weighted by atomic mass is 10.2. The van der Waals surface area contributed by atoms with Gasteiger partial charge >= 0.3 is 0 Å². The Morgan fingerprint density at radius 2 is 2.04 bits per heavy atom. The Morgan fingerprint density at radius 3 is 2.67 bits per heavy atom. The van der Waals surface area contributed by atoms with Gasteiger partial charge in [-0.25, -0.2) is 0 Å². The standard InChI is InChI=1S/C17H19NO4S2/c1-2-3-4-9-22-13-7-5-12(6-8-13)10-14-16(21)18(11-15(19)20)17(23)24-14/h5-8,10H,2-4,9,11H2,1H3,(H,19,20)/p-1/b14-10-. The molecule has 0 aliphatic carbocycles. The van der Waals surface area contributed by atoms with E-state index in [0.29, 0.717) is 11.5 Å². The molecule has 2 rings (SSSR count). The van der Waals surface area contributed by atoms with Crippen molar-refractivity contribution in [1.82, 2.24) is 4.90 Å². The van der Waals surface area contributed by atoms with E-state index < -0.39 is 18.4 Å². The SMILES string of the molecule is CCCCCOc1ccc(/C=C2\SC(=S)N(CC(=O)[O-])C2=O)cc1. The number of carboxylic acids is 1. The highest BCUT2D eigenvalue weighted by Gasteiger charge is 2.31. The first kappa shape index (κ1) is 18.5. The number of carbonyl (C=O) groups is 2. The zero-order valence-electron chi connectivity index (χ0n) is 13.3. The fraction of sp³-hybridized carbons (Fsp3) is 0.353. The molecule has 0 bridgehead atoms. The first-order valence-corrected chi connectivity index (χ1v) is 8.92. The molecule has 1 aromatic rings. The van der Waals surface area contributed by atoms with Crippen molar-refractivity contribution in [3.8, 4) is 5.75 Å². The minimum atomic E-state index is -1.34. The minimum absolute atomic E-state index is 0.228. The Bertz CT molecular complexity index is 655. The van der Waals surface area contributed by atoms with E-state index in [0.717, 1.165) is 47.2 Å². The number of unbranched alkanes of at least 4 members (excludes halogenated alkanes) is 2. The highest BCUT2D eigenvalue weighted by molar-refractivity contribution is 8.26. The summed E-state index contributed by atoms with van der Waals surface area (Å²) in [4.78, 5) is 24.3. The maximum absolute atomic E-state index is 12.2. The van der Waals surface area contributed by atoms with E-state index in [2.05, 4.69) is 6.92 Å². The van der Waals surface area contributed by atoms with E-state index in [9.17, 15) is 14.7 Å². The van der Waals surface area contributed by atoms with Gasteiger partial charge in [-0.05, 0) is 30.2 Å². The van der Waals surface area contributed by atoms with Crippen molar-refractivity contribution in [2.45, 2.75) is 26.2 Å². The number of benzene rings is 1. The average molecular weight is 364 g/mol. The number of carbonyl (C=O) groups excluding carboxylic acids is 2. The number of hydrogen-bond donors (Lipinski definition) is 0. The lowest BCUT2D eigenvalue weighted by Crippen LogP contribution is -2.40. The van der Waals surface area contributed by atoms with Gasteiger partial charge < -0.3 is 14.6 Å². The summed E-state index contributed by atoms with van der Waals surface area (Å²) in [5, 5.41) is 10.7. The van der Waals surface area contributed by atoms with Gasteiger partial charge in [0.25, 0.3) is 5.91 Å². The van der Waals surface area contributed by atoms with Gasteiger partial charge in [0.15, 0.2) is 0 Å². The molecule has 128 valence electrons. The predicted octanol–water partition coefficient (Wildman–Crippen LogP) is 2.21. The van der Waals surface area contributed by atoms with Crippen LogP contribution >= 0.6 is 24.0 Å². The maximum Gasteiger partial charge on any atom is 0.266 e. The first-order valence-electron chi connectivity index (χ1n) is 7.69.